The van der Waals surface area contributed by atoms with Crippen molar-refractivity contribution in [1.29, 1.82) is 0 Å². The van der Waals surface area contributed by atoms with E-state index in [-0.39, 0.29) is 5.91 Å². The van der Waals surface area contributed by atoms with Crippen molar-refractivity contribution in [2.75, 3.05) is 6.54 Å². The van der Waals surface area contributed by atoms with Gasteiger partial charge >= 0.3 is 0 Å². The predicted molar refractivity (Wildman–Crippen MR) is 59.1 cm³/mol. The van der Waals surface area contributed by atoms with E-state index in [9.17, 15) is 4.79 Å². The predicted octanol–water partition coefficient (Wildman–Crippen LogP) is 1.14. The molecule has 1 amide bonds. The van der Waals surface area contributed by atoms with Crippen LogP contribution in [0.3, 0.4) is 0 Å². The fourth-order valence-electron chi connectivity index (χ4n) is 1.77. The summed E-state index contributed by atoms with van der Waals surface area (Å²) in [5, 5.41) is 0. The lowest BCUT2D eigenvalue weighted by Gasteiger charge is -2.19. The van der Waals surface area contributed by atoms with Gasteiger partial charge in [0.15, 0.2) is 0 Å². The molecule has 0 heterocycles. The van der Waals surface area contributed by atoms with Crippen LogP contribution in [0.5, 0.6) is 0 Å². The largest absolute Gasteiger partial charge is 0.369 e. The van der Waals surface area contributed by atoms with Gasteiger partial charge in [-0.15, -0.1) is 0 Å². The third kappa shape index (κ3) is 3.06. The molecule has 0 aromatic heterocycles. The molecule has 1 fully saturated rings. The van der Waals surface area contributed by atoms with Crippen LogP contribution in [-0.2, 0) is 11.3 Å². The zero-order valence-corrected chi connectivity index (χ0v) is 8.73. The van der Waals surface area contributed by atoms with E-state index in [1.807, 2.05) is 18.2 Å². The lowest BCUT2D eigenvalue weighted by molar-refractivity contribution is -0.119. The number of hydrogen-bond acceptors (Lipinski definition) is 2. The van der Waals surface area contributed by atoms with E-state index in [0.29, 0.717) is 12.6 Å². The van der Waals surface area contributed by atoms with Crippen molar-refractivity contribution in [1.82, 2.24) is 4.90 Å². The lowest BCUT2D eigenvalue weighted by Crippen LogP contribution is -2.34. The summed E-state index contributed by atoms with van der Waals surface area (Å²) in [7, 11) is 0. The SMILES string of the molecule is NC(=O)CN(Cc1ccccc1)C1CC1. The highest BCUT2D eigenvalue weighted by molar-refractivity contribution is 5.76. The fraction of sp³-hybridized carbons (Fsp3) is 0.417. The average Bonchev–Trinajstić information content (AvgIpc) is 3.01. The molecular formula is C12H16N2O. The zero-order chi connectivity index (χ0) is 10.7. The van der Waals surface area contributed by atoms with Crippen LogP contribution in [0.4, 0.5) is 0 Å². The Hall–Kier alpha value is -1.35. The fourth-order valence-corrected chi connectivity index (χ4v) is 1.77. The molecule has 0 spiro atoms. The van der Waals surface area contributed by atoms with Gasteiger partial charge in [-0.3, -0.25) is 9.69 Å². The van der Waals surface area contributed by atoms with Crippen LogP contribution in [-0.4, -0.2) is 23.4 Å². The normalized spacial score (nSPS) is 15.5. The third-order valence-corrected chi connectivity index (χ3v) is 2.65. The highest BCUT2D eigenvalue weighted by atomic mass is 16.1. The summed E-state index contributed by atoms with van der Waals surface area (Å²) < 4.78 is 0. The molecular weight excluding hydrogens is 188 g/mol. The Morgan fingerprint density at radius 1 is 1.33 bits per heavy atom. The van der Waals surface area contributed by atoms with E-state index < -0.39 is 0 Å². The second-order valence-corrected chi connectivity index (χ2v) is 4.09. The molecule has 1 aromatic carbocycles. The van der Waals surface area contributed by atoms with Gasteiger partial charge in [-0.2, -0.15) is 0 Å². The molecule has 2 N–H and O–H groups in total. The van der Waals surface area contributed by atoms with E-state index in [0.717, 1.165) is 6.54 Å². The van der Waals surface area contributed by atoms with E-state index in [4.69, 9.17) is 5.73 Å². The molecule has 0 saturated heterocycles. The van der Waals surface area contributed by atoms with Crippen molar-refractivity contribution in [3.63, 3.8) is 0 Å². The van der Waals surface area contributed by atoms with Gasteiger partial charge in [-0.25, -0.2) is 0 Å². The first-order valence-corrected chi connectivity index (χ1v) is 5.32. The molecule has 0 radical (unpaired) electrons. The quantitative estimate of drug-likeness (QED) is 0.781. The Bertz CT molecular complexity index is 333. The Kier molecular flexibility index (Phi) is 3.02. The van der Waals surface area contributed by atoms with Crippen LogP contribution < -0.4 is 5.73 Å². The van der Waals surface area contributed by atoms with Gasteiger partial charge in [-0.1, -0.05) is 30.3 Å². The first-order valence-electron chi connectivity index (χ1n) is 5.32. The van der Waals surface area contributed by atoms with Gasteiger partial charge in [0.25, 0.3) is 0 Å². The number of benzene rings is 1. The number of nitrogens with zero attached hydrogens (tertiary/aromatic N) is 1. The highest BCUT2D eigenvalue weighted by Gasteiger charge is 2.29. The van der Waals surface area contributed by atoms with Crippen LogP contribution >= 0.6 is 0 Å². The molecule has 0 bridgehead atoms. The minimum absolute atomic E-state index is 0.238. The van der Waals surface area contributed by atoms with Crippen LogP contribution in [0.2, 0.25) is 0 Å². The topological polar surface area (TPSA) is 46.3 Å². The molecule has 3 nitrogen and oxygen atoms in total. The first kappa shape index (κ1) is 10.2. The molecule has 0 atom stereocenters. The van der Waals surface area contributed by atoms with Gasteiger partial charge < -0.3 is 5.73 Å². The van der Waals surface area contributed by atoms with E-state index >= 15 is 0 Å². The molecule has 0 aliphatic heterocycles. The number of nitrogens with two attached hydrogens (primary N) is 1. The van der Waals surface area contributed by atoms with Crippen LogP contribution in [0, 0.1) is 0 Å². The lowest BCUT2D eigenvalue weighted by atomic mass is 10.2. The Morgan fingerprint density at radius 3 is 2.53 bits per heavy atom. The number of amides is 1. The van der Waals surface area contributed by atoms with E-state index in [1.54, 1.807) is 0 Å². The first-order chi connectivity index (χ1) is 7.25. The van der Waals surface area contributed by atoms with Crippen molar-refractivity contribution >= 4 is 5.91 Å². The highest BCUT2D eigenvalue weighted by Crippen LogP contribution is 2.27. The third-order valence-electron chi connectivity index (χ3n) is 2.65. The number of hydrogen-bond donors (Lipinski definition) is 1. The molecule has 1 saturated carbocycles. The summed E-state index contributed by atoms with van der Waals surface area (Å²) in [5.41, 5.74) is 6.47. The summed E-state index contributed by atoms with van der Waals surface area (Å²) in [5.74, 6) is -0.238. The summed E-state index contributed by atoms with van der Waals surface area (Å²) >= 11 is 0. The van der Waals surface area contributed by atoms with Crippen molar-refractivity contribution in [2.45, 2.75) is 25.4 Å². The van der Waals surface area contributed by atoms with Crippen LogP contribution in [0.25, 0.3) is 0 Å². The zero-order valence-electron chi connectivity index (χ0n) is 8.73. The number of primary amides is 1. The smallest absolute Gasteiger partial charge is 0.231 e. The van der Waals surface area contributed by atoms with E-state index in [2.05, 4.69) is 17.0 Å². The molecule has 2 rings (SSSR count). The van der Waals surface area contributed by atoms with Crippen molar-refractivity contribution in [3.05, 3.63) is 35.9 Å². The van der Waals surface area contributed by atoms with Gasteiger partial charge in [0.1, 0.15) is 0 Å². The Labute approximate surface area is 89.9 Å². The van der Waals surface area contributed by atoms with Crippen molar-refractivity contribution in [3.8, 4) is 0 Å². The molecule has 0 unspecified atom stereocenters. The summed E-state index contributed by atoms with van der Waals surface area (Å²) in [6, 6.07) is 10.8. The number of rotatable bonds is 5. The molecule has 80 valence electrons. The maximum absolute atomic E-state index is 10.9. The van der Waals surface area contributed by atoms with Crippen LogP contribution in [0.1, 0.15) is 18.4 Å². The summed E-state index contributed by atoms with van der Waals surface area (Å²) in [6.07, 6.45) is 2.39. The molecule has 1 aromatic rings. The summed E-state index contributed by atoms with van der Waals surface area (Å²) in [6.45, 7) is 1.20. The van der Waals surface area contributed by atoms with Crippen molar-refractivity contribution < 1.29 is 4.79 Å². The molecule has 15 heavy (non-hydrogen) atoms. The van der Waals surface area contributed by atoms with Gasteiger partial charge in [0.05, 0.1) is 6.54 Å². The Balaban J connectivity index is 1.97. The second kappa shape index (κ2) is 4.45. The number of carbonyl (C=O) groups excluding carboxylic acids is 1. The molecule has 1 aliphatic carbocycles. The maximum Gasteiger partial charge on any atom is 0.231 e. The van der Waals surface area contributed by atoms with Gasteiger partial charge in [-0.05, 0) is 18.4 Å². The minimum atomic E-state index is -0.238. The molecule has 1 aliphatic rings. The monoisotopic (exact) mass is 204 g/mol. The Morgan fingerprint density at radius 2 is 2.00 bits per heavy atom. The summed E-state index contributed by atoms with van der Waals surface area (Å²) in [4.78, 5) is 13.1. The standard InChI is InChI=1S/C12H16N2O/c13-12(15)9-14(11-6-7-11)8-10-4-2-1-3-5-10/h1-5,11H,6-9H2,(H2,13,15). The van der Waals surface area contributed by atoms with E-state index in [1.165, 1.54) is 18.4 Å². The average molecular weight is 204 g/mol. The maximum atomic E-state index is 10.9. The van der Waals surface area contributed by atoms with Crippen LogP contribution in [0.15, 0.2) is 30.3 Å². The van der Waals surface area contributed by atoms with Gasteiger partial charge in [0, 0.05) is 12.6 Å². The second-order valence-electron chi connectivity index (χ2n) is 4.09. The number of carbonyl (C=O) groups is 1. The molecule has 3 heteroatoms. The van der Waals surface area contributed by atoms with Gasteiger partial charge in [0.2, 0.25) is 5.91 Å². The minimum Gasteiger partial charge on any atom is -0.369 e. The van der Waals surface area contributed by atoms with Crippen molar-refractivity contribution in [2.24, 2.45) is 5.73 Å².